The summed E-state index contributed by atoms with van der Waals surface area (Å²) >= 11 is 3.74. The van der Waals surface area contributed by atoms with Gasteiger partial charge in [0.25, 0.3) is 0 Å². The second-order valence-corrected chi connectivity index (χ2v) is 14.2. The van der Waals surface area contributed by atoms with Crippen molar-refractivity contribution in [2.75, 3.05) is 0 Å². The van der Waals surface area contributed by atoms with Crippen molar-refractivity contribution in [2.24, 2.45) is 0 Å². The lowest BCUT2D eigenvalue weighted by molar-refractivity contribution is 0.00578. The molecular weight excluding hydrogens is 539 g/mol. The van der Waals surface area contributed by atoms with Gasteiger partial charge in [0.2, 0.25) is 0 Å². The summed E-state index contributed by atoms with van der Waals surface area (Å²) in [4.78, 5) is 0. The lowest BCUT2D eigenvalue weighted by Gasteiger charge is -2.32. The van der Waals surface area contributed by atoms with Crippen molar-refractivity contribution in [3.63, 3.8) is 0 Å². The van der Waals surface area contributed by atoms with Crippen LogP contribution < -0.4 is 5.46 Å². The van der Waals surface area contributed by atoms with Gasteiger partial charge in [-0.1, -0.05) is 72.8 Å². The molecule has 0 atom stereocenters. The summed E-state index contributed by atoms with van der Waals surface area (Å²) in [6.45, 7) is 8.41. The van der Waals surface area contributed by atoms with Crippen LogP contribution in [0.2, 0.25) is 0 Å². The van der Waals surface area contributed by atoms with E-state index in [1.807, 2.05) is 22.7 Å². The van der Waals surface area contributed by atoms with E-state index in [9.17, 15) is 0 Å². The van der Waals surface area contributed by atoms with Crippen LogP contribution in [0.3, 0.4) is 0 Å². The van der Waals surface area contributed by atoms with Crippen LogP contribution in [-0.4, -0.2) is 18.3 Å². The lowest BCUT2D eigenvalue weighted by Crippen LogP contribution is -2.41. The van der Waals surface area contributed by atoms with Gasteiger partial charge in [0, 0.05) is 40.3 Å². The molecule has 8 rings (SSSR count). The first-order chi connectivity index (χ1) is 19.8. The summed E-state index contributed by atoms with van der Waals surface area (Å²) in [6.07, 6.45) is 0. The Morgan fingerprint density at radius 1 is 0.512 bits per heavy atom. The molecule has 0 unspecified atom stereocenters. The zero-order chi connectivity index (χ0) is 27.9. The second-order valence-electron chi connectivity index (χ2n) is 12.0. The molecule has 1 aliphatic rings. The number of hydrogen-bond donors (Lipinski definition) is 0. The van der Waals surface area contributed by atoms with E-state index in [2.05, 4.69) is 131 Å². The molecule has 0 saturated carbocycles. The van der Waals surface area contributed by atoms with Crippen molar-refractivity contribution in [3.05, 3.63) is 103 Å². The summed E-state index contributed by atoms with van der Waals surface area (Å²) in [7, 11) is -0.386. The highest BCUT2D eigenvalue weighted by Gasteiger charge is 2.51. The molecule has 2 nitrogen and oxygen atoms in total. The van der Waals surface area contributed by atoms with E-state index in [1.165, 1.54) is 62.6 Å². The molecule has 7 aromatic rings. The normalized spacial score (nSPS) is 16.4. The molecule has 0 spiro atoms. The van der Waals surface area contributed by atoms with E-state index in [0.29, 0.717) is 0 Å². The minimum atomic E-state index is -0.386. The van der Waals surface area contributed by atoms with E-state index in [1.54, 1.807) is 0 Å². The zero-order valence-corrected chi connectivity index (χ0v) is 25.2. The standard InChI is InChI=1S/C36H29BO2S2/c1-35(2)36(3,4)39-37(38-35)25-11-9-10-22(18-25)24-19-29(34-28-13-6-8-15-31(28)41-33(34)21-24)23-16-17-27-26-12-5-7-14-30(26)40-32(27)20-23/h5-21H,1-4H3. The molecule has 5 heteroatoms. The molecule has 1 aliphatic heterocycles. The molecule has 200 valence electrons. The Morgan fingerprint density at radius 3 is 1.93 bits per heavy atom. The van der Waals surface area contributed by atoms with Crippen LogP contribution in [0.4, 0.5) is 0 Å². The van der Waals surface area contributed by atoms with Crippen LogP contribution in [0.15, 0.2) is 103 Å². The first-order valence-corrected chi connectivity index (χ1v) is 15.7. The number of hydrogen-bond acceptors (Lipinski definition) is 4. The molecule has 1 fully saturated rings. The monoisotopic (exact) mass is 568 g/mol. The highest BCUT2D eigenvalue weighted by atomic mass is 32.1. The Balaban J connectivity index is 1.32. The van der Waals surface area contributed by atoms with Crippen molar-refractivity contribution in [1.82, 2.24) is 0 Å². The third-order valence-electron chi connectivity index (χ3n) is 8.91. The number of thiophene rings is 2. The molecule has 0 bridgehead atoms. The van der Waals surface area contributed by atoms with Crippen molar-refractivity contribution in [2.45, 2.75) is 38.9 Å². The summed E-state index contributed by atoms with van der Waals surface area (Å²) in [6, 6.07) is 37.8. The van der Waals surface area contributed by atoms with Crippen LogP contribution in [-0.2, 0) is 9.31 Å². The third kappa shape index (κ3) is 3.98. The molecular formula is C36H29BO2S2. The predicted molar refractivity (Wildman–Crippen MR) is 179 cm³/mol. The highest BCUT2D eigenvalue weighted by Crippen LogP contribution is 2.44. The Labute approximate surface area is 248 Å². The number of fused-ring (bicyclic) bond motifs is 6. The van der Waals surface area contributed by atoms with Gasteiger partial charge in [0.15, 0.2) is 0 Å². The smallest absolute Gasteiger partial charge is 0.399 e. The SMILES string of the molecule is CC1(C)OB(c2cccc(-c3cc(-c4ccc5c(c4)sc4ccccc45)c4c(c3)sc3ccccc34)c2)OC1(C)C. The van der Waals surface area contributed by atoms with Gasteiger partial charge < -0.3 is 9.31 Å². The fourth-order valence-electron chi connectivity index (χ4n) is 5.99. The predicted octanol–water partition coefficient (Wildman–Crippen LogP) is 10.1. The first-order valence-electron chi connectivity index (χ1n) is 14.1. The maximum Gasteiger partial charge on any atom is 0.494 e. The fourth-order valence-corrected chi connectivity index (χ4v) is 8.30. The molecule has 0 N–H and O–H groups in total. The van der Waals surface area contributed by atoms with Gasteiger partial charge in [0.1, 0.15) is 0 Å². The van der Waals surface area contributed by atoms with Gasteiger partial charge in [-0.3, -0.25) is 0 Å². The van der Waals surface area contributed by atoms with Gasteiger partial charge in [-0.2, -0.15) is 0 Å². The minimum absolute atomic E-state index is 0.373. The Morgan fingerprint density at radius 2 is 1.15 bits per heavy atom. The molecule has 1 saturated heterocycles. The minimum Gasteiger partial charge on any atom is -0.399 e. The summed E-state index contributed by atoms with van der Waals surface area (Å²) < 4.78 is 18.1. The molecule has 5 aromatic carbocycles. The van der Waals surface area contributed by atoms with Gasteiger partial charge in [-0.05, 0) is 85.7 Å². The number of benzene rings is 5. The lowest BCUT2D eigenvalue weighted by atomic mass is 9.78. The fraction of sp³-hybridized carbons (Fsp3) is 0.167. The van der Waals surface area contributed by atoms with E-state index >= 15 is 0 Å². The highest BCUT2D eigenvalue weighted by molar-refractivity contribution is 7.26. The molecule has 0 radical (unpaired) electrons. The first kappa shape index (κ1) is 25.3. The third-order valence-corrected chi connectivity index (χ3v) is 11.2. The summed E-state index contributed by atoms with van der Waals surface area (Å²) in [5.74, 6) is 0. The van der Waals surface area contributed by atoms with Crippen molar-refractivity contribution in [1.29, 1.82) is 0 Å². The number of rotatable bonds is 3. The largest absolute Gasteiger partial charge is 0.494 e. The second kappa shape index (κ2) is 9.01. The van der Waals surface area contributed by atoms with E-state index in [-0.39, 0.29) is 18.3 Å². The van der Waals surface area contributed by atoms with Crippen molar-refractivity contribution < 1.29 is 9.31 Å². The molecule has 2 aromatic heterocycles. The molecule has 0 aliphatic carbocycles. The van der Waals surface area contributed by atoms with Gasteiger partial charge in [0.05, 0.1) is 11.2 Å². The molecule has 0 amide bonds. The Hall–Kier alpha value is -3.48. The molecule has 41 heavy (non-hydrogen) atoms. The van der Waals surface area contributed by atoms with E-state index in [4.69, 9.17) is 9.31 Å². The van der Waals surface area contributed by atoms with E-state index in [0.717, 1.165) is 5.46 Å². The van der Waals surface area contributed by atoms with Gasteiger partial charge >= 0.3 is 7.12 Å². The zero-order valence-electron chi connectivity index (χ0n) is 23.5. The maximum absolute atomic E-state index is 6.39. The quantitative estimate of drug-likeness (QED) is 0.198. The van der Waals surface area contributed by atoms with Crippen molar-refractivity contribution in [3.8, 4) is 22.3 Å². The maximum atomic E-state index is 6.39. The Bertz CT molecular complexity index is 2120. The van der Waals surface area contributed by atoms with Crippen LogP contribution in [0.5, 0.6) is 0 Å². The molecule has 3 heterocycles. The van der Waals surface area contributed by atoms with Crippen LogP contribution in [0.25, 0.3) is 62.6 Å². The van der Waals surface area contributed by atoms with Crippen molar-refractivity contribution >= 4 is 75.6 Å². The summed E-state index contributed by atoms with van der Waals surface area (Å²) in [5.41, 5.74) is 5.20. The Kier molecular flexibility index (Phi) is 5.55. The average molecular weight is 569 g/mol. The average Bonchev–Trinajstić information content (AvgIpc) is 3.60. The van der Waals surface area contributed by atoms with Crippen LogP contribution >= 0.6 is 22.7 Å². The van der Waals surface area contributed by atoms with Gasteiger partial charge in [-0.25, -0.2) is 0 Å². The topological polar surface area (TPSA) is 18.5 Å². The van der Waals surface area contributed by atoms with Crippen LogP contribution in [0.1, 0.15) is 27.7 Å². The van der Waals surface area contributed by atoms with Crippen LogP contribution in [0, 0.1) is 0 Å². The van der Waals surface area contributed by atoms with E-state index < -0.39 is 0 Å². The van der Waals surface area contributed by atoms with Gasteiger partial charge in [-0.15, -0.1) is 22.7 Å². The summed E-state index contributed by atoms with van der Waals surface area (Å²) in [5, 5.41) is 5.30.